The molecule has 2 amide bonds. The van der Waals surface area contributed by atoms with Crippen molar-refractivity contribution in [2.75, 3.05) is 6.54 Å². The van der Waals surface area contributed by atoms with Crippen LogP contribution in [0.4, 0.5) is 0 Å². The van der Waals surface area contributed by atoms with Gasteiger partial charge in [-0.3, -0.25) is 9.59 Å². The Bertz CT molecular complexity index is 422. The predicted molar refractivity (Wildman–Crippen MR) is 75.7 cm³/mol. The molecule has 0 saturated heterocycles. The maximum atomic E-state index is 11.5. The number of hydrogen-bond donors (Lipinski definition) is 2. The number of aryl methyl sites for hydroxylation is 1. The minimum atomic E-state index is -0.577. The highest BCUT2D eigenvalue weighted by atomic mass is 16.2. The molecule has 0 heterocycles. The molecule has 1 aromatic rings. The summed E-state index contributed by atoms with van der Waals surface area (Å²) in [6.07, 6.45) is 1.71. The number of rotatable bonds is 4. The van der Waals surface area contributed by atoms with Gasteiger partial charge in [0.15, 0.2) is 0 Å². The Balaban J connectivity index is 2.22. The lowest BCUT2D eigenvalue weighted by Crippen LogP contribution is -2.48. The van der Waals surface area contributed by atoms with E-state index in [0.717, 1.165) is 12.8 Å². The summed E-state index contributed by atoms with van der Waals surface area (Å²) in [5, 5.41) is 5.25. The minimum Gasteiger partial charge on any atom is -0.348 e. The molecule has 0 aliphatic carbocycles. The molecular formula is C15H22N2O2. The minimum absolute atomic E-state index is 0.390. The monoisotopic (exact) mass is 262 g/mol. The van der Waals surface area contributed by atoms with Crippen molar-refractivity contribution in [3.63, 3.8) is 0 Å². The lowest BCUT2D eigenvalue weighted by atomic mass is 10.1. The number of benzene rings is 1. The van der Waals surface area contributed by atoms with E-state index in [1.54, 1.807) is 0 Å². The van der Waals surface area contributed by atoms with E-state index in [4.69, 9.17) is 0 Å². The summed E-state index contributed by atoms with van der Waals surface area (Å²) < 4.78 is 0. The molecule has 4 heteroatoms. The zero-order chi connectivity index (χ0) is 14.3. The number of carbonyl (C=O) groups excluding carboxylic acids is 2. The Morgan fingerprint density at radius 2 is 1.68 bits per heavy atom. The summed E-state index contributed by atoms with van der Waals surface area (Å²) >= 11 is 0. The summed E-state index contributed by atoms with van der Waals surface area (Å²) in [6.45, 7) is 6.03. The van der Waals surface area contributed by atoms with Gasteiger partial charge in [0.1, 0.15) is 0 Å². The van der Waals surface area contributed by atoms with Crippen LogP contribution in [0, 0.1) is 0 Å². The van der Waals surface area contributed by atoms with Gasteiger partial charge in [-0.2, -0.15) is 0 Å². The SMILES string of the molecule is CC(C)(C)NC(=O)C(=O)NCCCc1ccccc1. The molecule has 2 N–H and O–H groups in total. The van der Waals surface area contributed by atoms with Gasteiger partial charge in [-0.25, -0.2) is 0 Å². The second-order valence-electron chi connectivity index (χ2n) is 5.55. The van der Waals surface area contributed by atoms with Crippen LogP contribution in [0.25, 0.3) is 0 Å². The molecule has 0 spiro atoms. The van der Waals surface area contributed by atoms with Gasteiger partial charge in [0.05, 0.1) is 0 Å². The van der Waals surface area contributed by atoms with Gasteiger partial charge in [0.2, 0.25) is 0 Å². The van der Waals surface area contributed by atoms with Gasteiger partial charge in [-0.05, 0) is 39.2 Å². The van der Waals surface area contributed by atoms with Gasteiger partial charge in [-0.15, -0.1) is 0 Å². The summed E-state index contributed by atoms with van der Waals surface area (Å²) in [5.74, 6) is -1.14. The first kappa shape index (κ1) is 15.2. The Morgan fingerprint density at radius 1 is 1.05 bits per heavy atom. The smallest absolute Gasteiger partial charge is 0.309 e. The van der Waals surface area contributed by atoms with Crippen LogP contribution in [0.2, 0.25) is 0 Å². The maximum absolute atomic E-state index is 11.5. The molecule has 0 atom stereocenters. The van der Waals surface area contributed by atoms with Crippen molar-refractivity contribution in [1.29, 1.82) is 0 Å². The second kappa shape index (κ2) is 6.92. The predicted octanol–water partition coefficient (Wildman–Crippen LogP) is 1.65. The maximum Gasteiger partial charge on any atom is 0.309 e. The Hall–Kier alpha value is -1.84. The fourth-order valence-corrected chi connectivity index (χ4v) is 1.62. The summed E-state index contributed by atoms with van der Waals surface area (Å²) in [4.78, 5) is 23.0. The van der Waals surface area contributed by atoms with Crippen molar-refractivity contribution in [3.05, 3.63) is 35.9 Å². The van der Waals surface area contributed by atoms with E-state index < -0.39 is 17.4 Å². The first-order chi connectivity index (χ1) is 8.88. The molecule has 0 saturated carbocycles. The van der Waals surface area contributed by atoms with Crippen molar-refractivity contribution < 1.29 is 9.59 Å². The molecule has 0 fully saturated rings. The molecule has 0 unspecified atom stereocenters. The molecule has 0 bridgehead atoms. The van der Waals surface area contributed by atoms with Gasteiger partial charge in [0.25, 0.3) is 0 Å². The van der Waals surface area contributed by atoms with Crippen LogP contribution >= 0.6 is 0 Å². The molecule has 4 nitrogen and oxygen atoms in total. The van der Waals surface area contributed by atoms with Crippen LogP contribution in [-0.4, -0.2) is 23.9 Å². The molecule has 0 aromatic heterocycles. The average Bonchev–Trinajstić information content (AvgIpc) is 2.33. The number of amides is 2. The Labute approximate surface area is 114 Å². The average molecular weight is 262 g/mol. The van der Waals surface area contributed by atoms with E-state index in [1.165, 1.54) is 5.56 Å². The highest BCUT2D eigenvalue weighted by Gasteiger charge is 2.19. The van der Waals surface area contributed by atoms with E-state index in [9.17, 15) is 9.59 Å². The van der Waals surface area contributed by atoms with Crippen LogP contribution in [0.1, 0.15) is 32.8 Å². The fraction of sp³-hybridized carbons (Fsp3) is 0.467. The third-order valence-electron chi connectivity index (χ3n) is 2.47. The summed E-state index contributed by atoms with van der Waals surface area (Å²) in [7, 11) is 0. The lowest BCUT2D eigenvalue weighted by Gasteiger charge is -2.19. The van der Waals surface area contributed by atoms with Crippen LogP contribution in [0.3, 0.4) is 0 Å². The highest BCUT2D eigenvalue weighted by molar-refractivity contribution is 6.35. The van der Waals surface area contributed by atoms with Crippen molar-refractivity contribution in [3.8, 4) is 0 Å². The number of nitrogens with one attached hydrogen (secondary N) is 2. The topological polar surface area (TPSA) is 58.2 Å². The van der Waals surface area contributed by atoms with Crippen LogP contribution in [-0.2, 0) is 16.0 Å². The molecule has 0 aliphatic heterocycles. The zero-order valence-corrected chi connectivity index (χ0v) is 11.8. The normalized spacial score (nSPS) is 10.9. The molecule has 0 radical (unpaired) electrons. The standard InChI is InChI=1S/C15H22N2O2/c1-15(2,3)17-14(19)13(18)16-11-7-10-12-8-5-4-6-9-12/h4-6,8-9H,7,10-11H2,1-3H3,(H,16,18)(H,17,19). The summed E-state index contributed by atoms with van der Waals surface area (Å²) in [5.41, 5.74) is 0.842. The largest absolute Gasteiger partial charge is 0.348 e. The Morgan fingerprint density at radius 3 is 2.26 bits per heavy atom. The van der Waals surface area contributed by atoms with Gasteiger partial charge in [0, 0.05) is 12.1 Å². The number of carbonyl (C=O) groups is 2. The molecule has 1 rings (SSSR count). The summed E-state index contributed by atoms with van der Waals surface area (Å²) in [6, 6.07) is 10.1. The quantitative estimate of drug-likeness (QED) is 0.640. The molecule has 1 aromatic carbocycles. The third kappa shape index (κ3) is 6.60. The molecule has 19 heavy (non-hydrogen) atoms. The third-order valence-corrected chi connectivity index (χ3v) is 2.47. The van der Waals surface area contributed by atoms with Crippen molar-refractivity contribution in [1.82, 2.24) is 10.6 Å². The van der Waals surface area contributed by atoms with E-state index in [-0.39, 0.29) is 0 Å². The Kier molecular flexibility index (Phi) is 5.55. The van der Waals surface area contributed by atoms with Crippen molar-refractivity contribution >= 4 is 11.8 Å². The highest BCUT2D eigenvalue weighted by Crippen LogP contribution is 2.01. The van der Waals surface area contributed by atoms with Gasteiger partial charge in [-0.1, -0.05) is 30.3 Å². The number of hydrogen-bond acceptors (Lipinski definition) is 2. The molecular weight excluding hydrogens is 240 g/mol. The van der Waals surface area contributed by atoms with Crippen LogP contribution in [0.15, 0.2) is 30.3 Å². The molecule has 104 valence electrons. The van der Waals surface area contributed by atoms with E-state index in [0.29, 0.717) is 6.54 Å². The van der Waals surface area contributed by atoms with Crippen LogP contribution in [0.5, 0.6) is 0 Å². The van der Waals surface area contributed by atoms with Crippen molar-refractivity contribution in [2.24, 2.45) is 0 Å². The van der Waals surface area contributed by atoms with Gasteiger partial charge >= 0.3 is 11.8 Å². The fourth-order valence-electron chi connectivity index (χ4n) is 1.62. The van der Waals surface area contributed by atoms with E-state index in [2.05, 4.69) is 10.6 Å². The van der Waals surface area contributed by atoms with E-state index in [1.807, 2.05) is 51.1 Å². The molecule has 0 aliphatic rings. The van der Waals surface area contributed by atoms with Gasteiger partial charge < -0.3 is 10.6 Å². The second-order valence-corrected chi connectivity index (χ2v) is 5.55. The first-order valence-corrected chi connectivity index (χ1v) is 6.53. The zero-order valence-electron chi connectivity index (χ0n) is 11.8. The van der Waals surface area contributed by atoms with Crippen molar-refractivity contribution in [2.45, 2.75) is 39.2 Å². The van der Waals surface area contributed by atoms with E-state index >= 15 is 0 Å². The first-order valence-electron chi connectivity index (χ1n) is 6.53. The lowest BCUT2D eigenvalue weighted by molar-refractivity contribution is -0.140. The van der Waals surface area contributed by atoms with Crippen LogP contribution < -0.4 is 10.6 Å².